The van der Waals surface area contributed by atoms with Crippen LogP contribution in [0.4, 0.5) is 0 Å². The summed E-state index contributed by atoms with van der Waals surface area (Å²) in [6.45, 7) is 0.131. The number of carbonyl (C=O) groups is 1. The fraction of sp³-hybridized carbons (Fsp3) is 0.258. The van der Waals surface area contributed by atoms with Crippen molar-refractivity contribution < 1.29 is 19.0 Å². The Morgan fingerprint density at radius 3 is 2.54 bits per heavy atom. The van der Waals surface area contributed by atoms with Gasteiger partial charge < -0.3 is 14.2 Å². The summed E-state index contributed by atoms with van der Waals surface area (Å²) in [5, 5.41) is 2.08. The number of benzene rings is 3. The van der Waals surface area contributed by atoms with Crippen molar-refractivity contribution in [1.29, 1.82) is 0 Å². The average Bonchev–Trinajstić information content (AvgIpc) is 2.90. The van der Waals surface area contributed by atoms with Crippen LogP contribution in [-0.4, -0.2) is 19.7 Å². The largest absolute Gasteiger partial charge is 0.497 e. The quantitative estimate of drug-likeness (QED) is 0.296. The lowest BCUT2D eigenvalue weighted by atomic mass is 9.95. The maximum atomic E-state index is 12.9. The molecule has 4 nitrogen and oxygen atoms in total. The highest BCUT2D eigenvalue weighted by atomic mass is 16.6. The summed E-state index contributed by atoms with van der Waals surface area (Å²) in [5.41, 5.74) is 2.51. The Morgan fingerprint density at radius 2 is 1.71 bits per heavy atom. The Morgan fingerprint density at radius 1 is 0.943 bits per heavy atom. The fourth-order valence-electron chi connectivity index (χ4n) is 3.88. The van der Waals surface area contributed by atoms with Gasteiger partial charge >= 0.3 is 5.97 Å². The van der Waals surface area contributed by atoms with Gasteiger partial charge in [-0.2, -0.15) is 0 Å². The molecule has 4 rings (SSSR count). The van der Waals surface area contributed by atoms with Crippen LogP contribution in [0.25, 0.3) is 10.8 Å². The Hall–Kier alpha value is -3.99. The van der Waals surface area contributed by atoms with Gasteiger partial charge in [-0.15, -0.1) is 0 Å². The Bertz CT molecular complexity index is 1310. The lowest BCUT2D eigenvalue weighted by Crippen LogP contribution is -2.18. The van der Waals surface area contributed by atoms with Gasteiger partial charge in [-0.1, -0.05) is 78.3 Å². The molecule has 0 N–H and O–H groups in total. The Balaban J connectivity index is 1.56. The van der Waals surface area contributed by atoms with Gasteiger partial charge in [0.15, 0.2) is 6.10 Å². The van der Waals surface area contributed by atoms with Crippen molar-refractivity contribution in [2.24, 2.45) is 0 Å². The first kappa shape index (κ1) is 24.1. The average molecular weight is 465 g/mol. The first-order valence-electron chi connectivity index (χ1n) is 11.8. The van der Waals surface area contributed by atoms with E-state index in [4.69, 9.17) is 14.2 Å². The zero-order valence-electron chi connectivity index (χ0n) is 19.9. The molecule has 1 aliphatic rings. The van der Waals surface area contributed by atoms with E-state index in [0.29, 0.717) is 12.2 Å². The highest BCUT2D eigenvalue weighted by Crippen LogP contribution is 2.32. The molecule has 1 unspecified atom stereocenters. The molecular weight excluding hydrogens is 436 g/mol. The molecule has 3 aromatic carbocycles. The summed E-state index contributed by atoms with van der Waals surface area (Å²) in [4.78, 5) is 12.9. The second kappa shape index (κ2) is 12.5. The number of hydrogen-bond donors (Lipinski definition) is 0. The molecule has 4 heteroatoms. The van der Waals surface area contributed by atoms with E-state index >= 15 is 0 Å². The van der Waals surface area contributed by atoms with Crippen LogP contribution in [0.15, 0.2) is 78.4 Å². The molecule has 0 fully saturated rings. The maximum Gasteiger partial charge on any atom is 0.333 e. The van der Waals surface area contributed by atoms with E-state index in [1.807, 2.05) is 66.7 Å². The lowest BCUT2D eigenvalue weighted by Gasteiger charge is -2.20. The zero-order valence-corrected chi connectivity index (χ0v) is 19.9. The summed E-state index contributed by atoms with van der Waals surface area (Å²) < 4.78 is 16.8. The number of hydrogen-bond acceptors (Lipinski definition) is 4. The topological polar surface area (TPSA) is 44.8 Å². The van der Waals surface area contributed by atoms with Crippen LogP contribution >= 0.6 is 0 Å². The lowest BCUT2D eigenvalue weighted by molar-refractivity contribution is -0.153. The van der Waals surface area contributed by atoms with E-state index in [1.165, 1.54) is 0 Å². The predicted molar refractivity (Wildman–Crippen MR) is 138 cm³/mol. The van der Waals surface area contributed by atoms with Crippen LogP contribution in [0.5, 0.6) is 5.75 Å². The molecule has 0 radical (unpaired) electrons. The van der Waals surface area contributed by atoms with Gasteiger partial charge in [-0.25, -0.2) is 4.79 Å². The normalized spacial score (nSPS) is 13.9. The minimum Gasteiger partial charge on any atom is -0.497 e. The van der Waals surface area contributed by atoms with Gasteiger partial charge in [0, 0.05) is 24.5 Å². The second-order valence-corrected chi connectivity index (χ2v) is 8.21. The number of allylic oxidation sites excluding steroid dienone is 1. The number of esters is 1. The smallest absolute Gasteiger partial charge is 0.333 e. The van der Waals surface area contributed by atoms with Crippen LogP contribution in [0.2, 0.25) is 0 Å². The van der Waals surface area contributed by atoms with Crippen LogP contribution in [0.1, 0.15) is 42.9 Å². The minimum atomic E-state index is -0.667. The zero-order chi connectivity index (χ0) is 24.3. The van der Waals surface area contributed by atoms with Crippen molar-refractivity contribution in [3.63, 3.8) is 0 Å². The van der Waals surface area contributed by atoms with Crippen molar-refractivity contribution in [2.45, 2.75) is 38.4 Å². The number of methoxy groups -OCH3 is 1. The van der Waals surface area contributed by atoms with Gasteiger partial charge in [0.25, 0.3) is 0 Å². The number of rotatable bonds is 8. The SMILES string of the molecule is COc1ccc(COCC(=O)OC(C2=CC#CCCCCC#C2)c2cccc3ccccc23)cc1. The number of carbonyl (C=O) groups excluding carboxylic acids is 1. The second-order valence-electron chi connectivity index (χ2n) is 8.21. The molecule has 176 valence electrons. The van der Waals surface area contributed by atoms with Crippen molar-refractivity contribution >= 4 is 16.7 Å². The maximum absolute atomic E-state index is 12.9. The van der Waals surface area contributed by atoms with Crippen molar-refractivity contribution in [2.75, 3.05) is 13.7 Å². The third-order valence-electron chi connectivity index (χ3n) is 5.70. The van der Waals surface area contributed by atoms with Crippen molar-refractivity contribution in [3.8, 4) is 29.4 Å². The van der Waals surface area contributed by atoms with E-state index in [2.05, 4.69) is 23.7 Å². The molecule has 3 aromatic rings. The highest BCUT2D eigenvalue weighted by molar-refractivity contribution is 5.87. The molecular formula is C31H28O4. The Kier molecular flexibility index (Phi) is 8.60. The van der Waals surface area contributed by atoms with Gasteiger partial charge in [0.2, 0.25) is 0 Å². The Labute approximate surface area is 206 Å². The minimum absolute atomic E-state index is 0.167. The van der Waals surface area contributed by atoms with Crippen molar-refractivity contribution in [3.05, 3.63) is 89.5 Å². The van der Waals surface area contributed by atoms with E-state index in [-0.39, 0.29) is 6.61 Å². The molecule has 35 heavy (non-hydrogen) atoms. The van der Waals surface area contributed by atoms with Crippen LogP contribution < -0.4 is 4.74 Å². The van der Waals surface area contributed by atoms with Crippen molar-refractivity contribution in [1.82, 2.24) is 0 Å². The molecule has 0 heterocycles. The van der Waals surface area contributed by atoms with E-state index in [1.54, 1.807) is 13.2 Å². The molecule has 1 aliphatic carbocycles. The van der Waals surface area contributed by atoms with E-state index in [9.17, 15) is 4.79 Å². The van der Waals surface area contributed by atoms with Gasteiger partial charge in [-0.05, 0) is 41.3 Å². The van der Waals surface area contributed by atoms with E-state index < -0.39 is 12.1 Å². The van der Waals surface area contributed by atoms with Crippen LogP contribution in [0, 0.1) is 23.7 Å². The molecule has 0 spiro atoms. The molecule has 0 amide bonds. The predicted octanol–water partition coefficient (Wildman–Crippen LogP) is 6.16. The first-order chi connectivity index (χ1) is 17.2. The molecule has 0 aromatic heterocycles. The summed E-state index contributed by atoms with van der Waals surface area (Å²) >= 11 is 0. The first-order valence-corrected chi connectivity index (χ1v) is 11.8. The molecule has 0 bridgehead atoms. The summed E-state index contributed by atoms with van der Waals surface area (Å²) in [6.07, 6.45) is 4.80. The summed E-state index contributed by atoms with van der Waals surface area (Å²) in [7, 11) is 1.62. The molecule has 0 saturated carbocycles. The monoisotopic (exact) mass is 464 g/mol. The van der Waals surface area contributed by atoms with Crippen LogP contribution in [-0.2, 0) is 20.9 Å². The highest BCUT2D eigenvalue weighted by Gasteiger charge is 2.23. The third kappa shape index (κ3) is 6.76. The van der Waals surface area contributed by atoms with Gasteiger partial charge in [-0.3, -0.25) is 0 Å². The summed E-state index contributed by atoms with van der Waals surface area (Å²) in [5.74, 6) is 13.1. The molecule has 0 aliphatic heterocycles. The standard InChI is InChI=1S/C31H28O4/c1-33-27-20-18-24(19-21-27)22-34-23-30(32)35-31(26-13-7-5-3-2-4-6-8-14-26)29-17-11-15-25-12-9-10-16-28(25)29/h9-12,14-21,31H,2-5,22-23H2,1H3. The number of ether oxygens (including phenoxy) is 3. The third-order valence-corrected chi connectivity index (χ3v) is 5.70. The fourth-order valence-corrected chi connectivity index (χ4v) is 3.88. The van der Waals surface area contributed by atoms with E-state index in [0.717, 1.165) is 53.3 Å². The summed E-state index contributed by atoms with van der Waals surface area (Å²) in [6, 6.07) is 21.6. The number of fused-ring (bicyclic) bond motifs is 1. The molecule has 1 atom stereocenters. The van der Waals surface area contributed by atoms with Gasteiger partial charge in [0.05, 0.1) is 19.3 Å². The van der Waals surface area contributed by atoms with Gasteiger partial charge in [0.1, 0.15) is 12.4 Å². The van der Waals surface area contributed by atoms with Crippen LogP contribution in [0.3, 0.4) is 0 Å². The molecule has 0 saturated heterocycles.